The normalized spacial score (nSPS) is 11.1. The van der Waals surface area contributed by atoms with E-state index in [1.807, 2.05) is 11.0 Å². The lowest BCUT2D eigenvalue weighted by Gasteiger charge is -2.21. The minimum atomic E-state index is -0.223. The highest BCUT2D eigenvalue weighted by Crippen LogP contribution is 2.26. The zero-order chi connectivity index (χ0) is 17.1. The van der Waals surface area contributed by atoms with Gasteiger partial charge < -0.3 is 10.0 Å². The van der Waals surface area contributed by atoms with Crippen LogP contribution in [0, 0.1) is 0 Å². The standard InChI is InChI=1S/C15H14Cl2N4O2S/c16-11-3-2-10(8-12(11)17)9-20(6-1-7-22)15-19-21-13(23)4-5-18-14(21)24-15/h2-5,8,22H,1,6-7,9H2. The van der Waals surface area contributed by atoms with Gasteiger partial charge in [-0.15, -0.1) is 5.10 Å². The molecule has 1 aromatic carbocycles. The third-order valence-corrected chi connectivity index (χ3v) is 5.10. The molecule has 0 fully saturated rings. The highest BCUT2D eigenvalue weighted by atomic mass is 35.5. The van der Waals surface area contributed by atoms with Crippen molar-refractivity contribution in [2.45, 2.75) is 13.0 Å². The average molecular weight is 385 g/mol. The highest BCUT2D eigenvalue weighted by molar-refractivity contribution is 7.20. The number of aromatic nitrogens is 3. The molecule has 2 aromatic heterocycles. The third kappa shape index (κ3) is 3.70. The molecule has 1 N–H and O–H groups in total. The first-order valence-electron chi connectivity index (χ1n) is 7.23. The molecule has 3 aromatic rings. The summed E-state index contributed by atoms with van der Waals surface area (Å²) in [6.45, 7) is 1.19. The largest absolute Gasteiger partial charge is 0.396 e. The van der Waals surface area contributed by atoms with Gasteiger partial charge in [-0.2, -0.15) is 4.52 Å². The number of hydrogen-bond acceptors (Lipinski definition) is 6. The van der Waals surface area contributed by atoms with Crippen LogP contribution in [0.2, 0.25) is 10.0 Å². The van der Waals surface area contributed by atoms with Crippen molar-refractivity contribution in [2.75, 3.05) is 18.1 Å². The van der Waals surface area contributed by atoms with Crippen molar-refractivity contribution in [1.29, 1.82) is 0 Å². The van der Waals surface area contributed by atoms with E-state index < -0.39 is 0 Å². The second-order valence-electron chi connectivity index (χ2n) is 5.11. The Morgan fingerprint density at radius 2 is 2.08 bits per heavy atom. The van der Waals surface area contributed by atoms with Crippen molar-refractivity contribution < 1.29 is 5.11 Å². The van der Waals surface area contributed by atoms with Crippen LogP contribution in [-0.2, 0) is 6.54 Å². The Morgan fingerprint density at radius 3 is 2.79 bits per heavy atom. The summed E-state index contributed by atoms with van der Waals surface area (Å²) >= 11 is 13.3. The van der Waals surface area contributed by atoms with Gasteiger partial charge in [0.15, 0.2) is 0 Å². The fraction of sp³-hybridized carbons (Fsp3) is 0.267. The van der Waals surface area contributed by atoms with Crippen molar-refractivity contribution in [2.24, 2.45) is 0 Å². The lowest BCUT2D eigenvalue weighted by atomic mass is 10.2. The first-order chi connectivity index (χ1) is 11.6. The van der Waals surface area contributed by atoms with Gasteiger partial charge in [-0.05, 0) is 24.1 Å². The van der Waals surface area contributed by atoms with Crippen molar-refractivity contribution >= 4 is 44.6 Å². The molecule has 0 atom stereocenters. The Bertz CT molecular complexity index is 912. The smallest absolute Gasteiger partial charge is 0.275 e. The Hall–Kier alpha value is -1.67. The van der Waals surface area contributed by atoms with E-state index in [1.165, 1.54) is 28.1 Å². The molecule has 0 saturated heterocycles. The van der Waals surface area contributed by atoms with E-state index >= 15 is 0 Å². The van der Waals surface area contributed by atoms with Crippen LogP contribution >= 0.6 is 34.5 Å². The Kier molecular flexibility index (Phi) is 5.35. The number of nitrogens with zero attached hydrogens (tertiary/aromatic N) is 4. The molecule has 0 radical (unpaired) electrons. The fourth-order valence-corrected chi connectivity index (χ4v) is 3.45. The van der Waals surface area contributed by atoms with E-state index in [1.54, 1.807) is 12.1 Å². The monoisotopic (exact) mass is 384 g/mol. The predicted molar refractivity (Wildman–Crippen MR) is 96.3 cm³/mol. The number of halogens is 2. The van der Waals surface area contributed by atoms with Crippen LogP contribution in [0.5, 0.6) is 0 Å². The first kappa shape index (κ1) is 17.2. The van der Waals surface area contributed by atoms with E-state index in [-0.39, 0.29) is 12.2 Å². The molecule has 126 valence electrons. The maximum atomic E-state index is 11.8. The first-order valence-corrected chi connectivity index (χ1v) is 8.80. The van der Waals surface area contributed by atoms with Crippen LogP contribution in [0.4, 0.5) is 5.13 Å². The Morgan fingerprint density at radius 1 is 1.25 bits per heavy atom. The molecular weight excluding hydrogens is 371 g/mol. The van der Waals surface area contributed by atoms with Gasteiger partial charge in [0.25, 0.3) is 5.56 Å². The molecule has 9 heteroatoms. The maximum absolute atomic E-state index is 11.8. The molecule has 2 heterocycles. The topological polar surface area (TPSA) is 70.7 Å². The van der Waals surface area contributed by atoms with Gasteiger partial charge >= 0.3 is 0 Å². The van der Waals surface area contributed by atoms with Gasteiger partial charge in [-0.1, -0.05) is 40.6 Å². The maximum Gasteiger partial charge on any atom is 0.275 e. The molecule has 0 aliphatic carbocycles. The fourth-order valence-electron chi connectivity index (χ4n) is 2.22. The summed E-state index contributed by atoms with van der Waals surface area (Å²) in [5.41, 5.74) is 0.737. The predicted octanol–water partition coefficient (Wildman–Crippen LogP) is 2.85. The summed E-state index contributed by atoms with van der Waals surface area (Å²) in [6, 6.07) is 6.80. The molecule has 0 bridgehead atoms. The second-order valence-corrected chi connectivity index (χ2v) is 6.86. The SMILES string of the molecule is O=c1ccnc2sc(N(CCCO)Cc3ccc(Cl)c(Cl)c3)nn12. The zero-order valence-corrected chi connectivity index (χ0v) is 14.9. The number of anilines is 1. The summed E-state index contributed by atoms with van der Waals surface area (Å²) in [6.07, 6.45) is 2.05. The van der Waals surface area contributed by atoms with Crippen LogP contribution in [0.3, 0.4) is 0 Å². The van der Waals surface area contributed by atoms with E-state index in [2.05, 4.69) is 10.1 Å². The van der Waals surface area contributed by atoms with Gasteiger partial charge in [0.2, 0.25) is 10.1 Å². The van der Waals surface area contributed by atoms with E-state index in [0.29, 0.717) is 39.6 Å². The van der Waals surface area contributed by atoms with Gasteiger partial charge in [0.1, 0.15) is 0 Å². The number of rotatable bonds is 6. The summed E-state index contributed by atoms with van der Waals surface area (Å²) in [5, 5.41) is 15.1. The highest BCUT2D eigenvalue weighted by Gasteiger charge is 2.15. The molecule has 6 nitrogen and oxygen atoms in total. The van der Waals surface area contributed by atoms with Gasteiger partial charge in [-0.25, -0.2) is 4.98 Å². The molecule has 0 amide bonds. The minimum Gasteiger partial charge on any atom is -0.396 e. The molecule has 0 unspecified atom stereocenters. The van der Waals surface area contributed by atoms with Crippen LogP contribution in [-0.4, -0.2) is 32.9 Å². The zero-order valence-electron chi connectivity index (χ0n) is 12.5. The minimum absolute atomic E-state index is 0.0704. The molecule has 0 saturated carbocycles. The van der Waals surface area contributed by atoms with Crippen LogP contribution < -0.4 is 10.5 Å². The Balaban J connectivity index is 1.93. The van der Waals surface area contributed by atoms with Gasteiger partial charge in [0.05, 0.1) is 10.0 Å². The number of aliphatic hydroxyl groups excluding tert-OH is 1. The number of fused-ring (bicyclic) bond motifs is 1. The third-order valence-electron chi connectivity index (χ3n) is 3.37. The number of aliphatic hydroxyl groups is 1. The van der Waals surface area contributed by atoms with E-state index in [9.17, 15) is 4.79 Å². The lowest BCUT2D eigenvalue weighted by molar-refractivity contribution is 0.289. The van der Waals surface area contributed by atoms with Crippen LogP contribution in [0.25, 0.3) is 4.96 Å². The lowest BCUT2D eigenvalue weighted by Crippen LogP contribution is -2.25. The molecule has 24 heavy (non-hydrogen) atoms. The molecule has 0 spiro atoms. The molecule has 3 rings (SSSR count). The Labute approximate surface area is 151 Å². The second kappa shape index (κ2) is 7.48. The summed E-state index contributed by atoms with van der Waals surface area (Å²) in [7, 11) is 0. The van der Waals surface area contributed by atoms with Crippen LogP contribution in [0.15, 0.2) is 35.3 Å². The van der Waals surface area contributed by atoms with Gasteiger partial charge in [0, 0.05) is 32.0 Å². The van der Waals surface area contributed by atoms with E-state index in [0.717, 1.165) is 5.56 Å². The summed E-state index contributed by atoms with van der Waals surface area (Å²) < 4.78 is 1.28. The summed E-state index contributed by atoms with van der Waals surface area (Å²) in [4.78, 5) is 18.5. The van der Waals surface area contributed by atoms with Gasteiger partial charge in [-0.3, -0.25) is 4.79 Å². The molecule has 0 aliphatic heterocycles. The van der Waals surface area contributed by atoms with Crippen molar-refractivity contribution in [3.63, 3.8) is 0 Å². The average Bonchev–Trinajstić information content (AvgIpc) is 3.00. The number of benzene rings is 1. The number of hydrogen-bond donors (Lipinski definition) is 1. The van der Waals surface area contributed by atoms with Crippen molar-refractivity contribution in [1.82, 2.24) is 14.6 Å². The van der Waals surface area contributed by atoms with E-state index in [4.69, 9.17) is 28.3 Å². The molecular formula is C15H14Cl2N4O2S. The van der Waals surface area contributed by atoms with Crippen molar-refractivity contribution in [3.05, 3.63) is 56.4 Å². The summed E-state index contributed by atoms with van der Waals surface area (Å²) in [5.74, 6) is 0. The quantitative estimate of drug-likeness (QED) is 0.707. The van der Waals surface area contributed by atoms with Crippen molar-refractivity contribution in [3.8, 4) is 0 Å². The molecule has 0 aliphatic rings. The van der Waals surface area contributed by atoms with Crippen LogP contribution in [0.1, 0.15) is 12.0 Å².